The van der Waals surface area contributed by atoms with Gasteiger partial charge >= 0.3 is 0 Å². The van der Waals surface area contributed by atoms with Crippen molar-refractivity contribution in [3.05, 3.63) is 69.0 Å². The summed E-state index contributed by atoms with van der Waals surface area (Å²) in [5, 5.41) is 22.7. The maximum Gasteiger partial charge on any atom is 0.274 e. The van der Waals surface area contributed by atoms with E-state index < -0.39 is 10.7 Å². The van der Waals surface area contributed by atoms with Crippen LogP contribution >= 0.6 is 0 Å². The highest BCUT2D eigenvalue weighted by Gasteiger charge is 2.13. The quantitative estimate of drug-likeness (QED) is 0.688. The zero-order valence-corrected chi connectivity index (χ0v) is 11.3. The molecular weight excluding hydrogens is 273 g/mol. The number of nitrogens with zero attached hydrogens (tertiary/aromatic N) is 2. The number of hydrogen-bond donors (Lipinski definition) is 1. The van der Waals surface area contributed by atoms with Gasteiger partial charge < -0.3 is 5.32 Å². The van der Waals surface area contributed by atoms with Crippen LogP contribution in [-0.4, -0.2) is 4.92 Å². The molecule has 0 saturated heterocycles. The highest BCUT2D eigenvalue weighted by atomic mass is 19.1. The summed E-state index contributed by atoms with van der Waals surface area (Å²) in [7, 11) is 0. The van der Waals surface area contributed by atoms with Gasteiger partial charge in [-0.25, -0.2) is 4.39 Å². The number of nitriles is 1. The molecule has 1 N–H and O–H groups in total. The summed E-state index contributed by atoms with van der Waals surface area (Å²) in [6.45, 7) is 1.75. The molecular formula is C15H12FN3O2. The van der Waals surface area contributed by atoms with Crippen LogP contribution < -0.4 is 5.32 Å². The standard InChI is InChI=1S/C15H12FN3O2/c1-10-13(16)6-11(8-17)7-14(10)18-9-12-4-2-3-5-15(12)19(20)21/h2-7,18H,9H2,1H3. The highest BCUT2D eigenvalue weighted by molar-refractivity contribution is 5.56. The number of rotatable bonds is 4. The summed E-state index contributed by atoms with van der Waals surface area (Å²) in [5.41, 5.74) is 1.50. The van der Waals surface area contributed by atoms with Crippen LogP contribution in [0.2, 0.25) is 0 Å². The molecule has 0 aromatic heterocycles. The van der Waals surface area contributed by atoms with E-state index in [1.54, 1.807) is 25.1 Å². The van der Waals surface area contributed by atoms with Crippen LogP contribution in [-0.2, 0) is 6.54 Å². The first-order valence-electron chi connectivity index (χ1n) is 6.19. The maximum absolute atomic E-state index is 13.7. The molecule has 0 fully saturated rings. The fraction of sp³-hybridized carbons (Fsp3) is 0.133. The summed E-state index contributed by atoms with van der Waals surface area (Å²) in [4.78, 5) is 10.5. The first-order valence-corrected chi connectivity index (χ1v) is 6.19. The van der Waals surface area contributed by atoms with Gasteiger partial charge in [-0.2, -0.15) is 5.26 Å². The van der Waals surface area contributed by atoms with Gasteiger partial charge in [-0.15, -0.1) is 0 Å². The van der Waals surface area contributed by atoms with E-state index in [0.717, 1.165) is 6.07 Å². The number of nitrogens with one attached hydrogen (secondary N) is 1. The Balaban J connectivity index is 2.27. The van der Waals surface area contributed by atoms with Crippen molar-refractivity contribution in [2.75, 3.05) is 5.32 Å². The van der Waals surface area contributed by atoms with Gasteiger partial charge in [0, 0.05) is 29.4 Å². The fourth-order valence-corrected chi connectivity index (χ4v) is 1.96. The fourth-order valence-electron chi connectivity index (χ4n) is 1.96. The molecule has 0 aliphatic carbocycles. The van der Waals surface area contributed by atoms with E-state index in [2.05, 4.69) is 5.32 Å². The molecule has 0 spiro atoms. The molecule has 2 aromatic rings. The molecule has 21 heavy (non-hydrogen) atoms. The van der Waals surface area contributed by atoms with Gasteiger partial charge in [0.1, 0.15) is 5.82 Å². The molecule has 5 nitrogen and oxygen atoms in total. The SMILES string of the molecule is Cc1c(F)cc(C#N)cc1NCc1ccccc1[N+](=O)[O-]. The van der Waals surface area contributed by atoms with E-state index in [9.17, 15) is 14.5 Å². The maximum atomic E-state index is 13.7. The van der Waals surface area contributed by atoms with Gasteiger partial charge in [0.2, 0.25) is 0 Å². The van der Waals surface area contributed by atoms with Crippen molar-refractivity contribution in [2.24, 2.45) is 0 Å². The first-order chi connectivity index (χ1) is 10.0. The third-order valence-electron chi connectivity index (χ3n) is 3.13. The molecule has 0 aliphatic rings. The van der Waals surface area contributed by atoms with Crippen LogP contribution in [0.1, 0.15) is 16.7 Å². The Morgan fingerprint density at radius 1 is 1.38 bits per heavy atom. The predicted molar refractivity (Wildman–Crippen MR) is 76.3 cm³/mol. The lowest BCUT2D eigenvalue weighted by atomic mass is 10.1. The number of anilines is 1. The predicted octanol–water partition coefficient (Wildman–Crippen LogP) is 3.53. The van der Waals surface area contributed by atoms with E-state index in [-0.39, 0.29) is 17.8 Å². The Hall–Kier alpha value is -2.94. The van der Waals surface area contributed by atoms with Gasteiger partial charge in [-0.3, -0.25) is 10.1 Å². The van der Waals surface area contributed by atoms with Gasteiger partial charge in [0.25, 0.3) is 5.69 Å². The van der Waals surface area contributed by atoms with Crippen LogP contribution in [0, 0.1) is 34.2 Å². The molecule has 106 valence electrons. The van der Waals surface area contributed by atoms with Gasteiger partial charge in [0.05, 0.1) is 16.6 Å². The zero-order chi connectivity index (χ0) is 15.4. The minimum Gasteiger partial charge on any atom is -0.380 e. The molecule has 0 unspecified atom stereocenters. The summed E-state index contributed by atoms with van der Waals surface area (Å²) >= 11 is 0. The third kappa shape index (κ3) is 3.15. The summed E-state index contributed by atoms with van der Waals surface area (Å²) in [6.07, 6.45) is 0. The van der Waals surface area contributed by atoms with Crippen LogP contribution in [0.25, 0.3) is 0 Å². The second-order valence-electron chi connectivity index (χ2n) is 4.48. The van der Waals surface area contributed by atoms with Crippen LogP contribution in [0.3, 0.4) is 0 Å². The minimum atomic E-state index is -0.487. The van der Waals surface area contributed by atoms with E-state index >= 15 is 0 Å². The number of nitro benzene ring substituents is 1. The summed E-state index contributed by atoms with van der Waals surface area (Å²) < 4.78 is 13.7. The lowest BCUT2D eigenvalue weighted by Gasteiger charge is -2.11. The molecule has 0 aliphatic heterocycles. The summed E-state index contributed by atoms with van der Waals surface area (Å²) in [6, 6.07) is 10.9. The van der Waals surface area contributed by atoms with Gasteiger partial charge in [-0.05, 0) is 19.1 Å². The number of para-hydroxylation sites is 1. The third-order valence-corrected chi connectivity index (χ3v) is 3.13. The summed E-state index contributed by atoms with van der Waals surface area (Å²) in [5.74, 6) is -0.487. The van der Waals surface area contributed by atoms with Crippen LogP contribution in [0.5, 0.6) is 0 Å². The number of nitro groups is 1. The van der Waals surface area contributed by atoms with Crippen LogP contribution in [0.15, 0.2) is 36.4 Å². The van der Waals surface area contributed by atoms with Crippen molar-refractivity contribution >= 4 is 11.4 Å². The van der Waals surface area contributed by atoms with Gasteiger partial charge in [-0.1, -0.05) is 18.2 Å². The topological polar surface area (TPSA) is 79.0 Å². The minimum absolute atomic E-state index is 0.000405. The highest BCUT2D eigenvalue weighted by Crippen LogP contribution is 2.23. The lowest BCUT2D eigenvalue weighted by Crippen LogP contribution is -2.05. The van der Waals surface area contributed by atoms with Crippen molar-refractivity contribution in [1.29, 1.82) is 5.26 Å². The molecule has 0 bridgehead atoms. The van der Waals surface area contributed by atoms with Crippen LogP contribution in [0.4, 0.5) is 15.8 Å². The van der Waals surface area contributed by atoms with E-state index in [1.165, 1.54) is 12.1 Å². The second kappa shape index (κ2) is 6.01. The molecule has 0 saturated carbocycles. The number of benzene rings is 2. The molecule has 2 rings (SSSR count). The Morgan fingerprint density at radius 3 is 2.76 bits per heavy atom. The van der Waals surface area contributed by atoms with Crippen molar-refractivity contribution in [3.63, 3.8) is 0 Å². The van der Waals surface area contributed by atoms with E-state index in [0.29, 0.717) is 16.8 Å². The Bertz CT molecular complexity index is 738. The van der Waals surface area contributed by atoms with Gasteiger partial charge in [0.15, 0.2) is 0 Å². The zero-order valence-electron chi connectivity index (χ0n) is 11.3. The smallest absolute Gasteiger partial charge is 0.274 e. The largest absolute Gasteiger partial charge is 0.380 e. The lowest BCUT2D eigenvalue weighted by molar-refractivity contribution is -0.385. The monoisotopic (exact) mass is 285 g/mol. The second-order valence-corrected chi connectivity index (χ2v) is 4.48. The molecule has 0 amide bonds. The molecule has 2 aromatic carbocycles. The van der Waals surface area contributed by atoms with Crippen molar-refractivity contribution in [2.45, 2.75) is 13.5 Å². The van der Waals surface area contributed by atoms with Crippen molar-refractivity contribution in [3.8, 4) is 6.07 Å². The van der Waals surface area contributed by atoms with E-state index in [4.69, 9.17) is 5.26 Å². The molecule has 6 heteroatoms. The first kappa shape index (κ1) is 14.5. The van der Waals surface area contributed by atoms with E-state index in [1.807, 2.05) is 6.07 Å². The molecule has 0 radical (unpaired) electrons. The average molecular weight is 285 g/mol. The number of halogens is 1. The normalized spacial score (nSPS) is 9.95. The molecule has 0 atom stereocenters. The Labute approximate surface area is 120 Å². The average Bonchev–Trinajstić information content (AvgIpc) is 2.48. The number of hydrogen-bond acceptors (Lipinski definition) is 4. The van der Waals surface area contributed by atoms with Crippen molar-refractivity contribution < 1.29 is 9.31 Å². The van der Waals surface area contributed by atoms with Crippen molar-refractivity contribution in [1.82, 2.24) is 0 Å². The molecule has 0 heterocycles. The Kier molecular flexibility index (Phi) is 4.14. The Morgan fingerprint density at radius 2 is 2.10 bits per heavy atom.